The van der Waals surface area contributed by atoms with Crippen LogP contribution >= 0.6 is 0 Å². The van der Waals surface area contributed by atoms with E-state index >= 15 is 0 Å². The zero-order chi connectivity index (χ0) is 22.3. The smallest absolute Gasteiger partial charge is 0.341 e. The standard InChI is InChI=1S/C24H17F3N2O2/c25-24(26,27)20-10-4-6-17(16-20)7-5-15-28-22(30)19-11-13-21(14-12-19)29-23(31)18-8-2-1-3-9-18/h1-4,6,8-14,16H,15H2,(H,28,30)(H,29,31). The molecule has 3 rings (SSSR count). The van der Waals surface area contributed by atoms with Crippen molar-refractivity contribution in [2.45, 2.75) is 6.18 Å². The van der Waals surface area contributed by atoms with Crippen molar-refractivity contribution < 1.29 is 22.8 Å². The van der Waals surface area contributed by atoms with Crippen molar-refractivity contribution in [1.82, 2.24) is 5.32 Å². The molecule has 7 heteroatoms. The van der Waals surface area contributed by atoms with Gasteiger partial charge >= 0.3 is 6.18 Å². The van der Waals surface area contributed by atoms with Gasteiger partial charge in [0.15, 0.2) is 0 Å². The van der Waals surface area contributed by atoms with E-state index in [0.717, 1.165) is 12.1 Å². The fraction of sp³-hybridized carbons (Fsp3) is 0.0833. The fourth-order valence-corrected chi connectivity index (χ4v) is 2.64. The Morgan fingerprint density at radius 3 is 2.16 bits per heavy atom. The average molecular weight is 422 g/mol. The molecule has 0 radical (unpaired) electrons. The number of carbonyl (C=O) groups is 2. The SMILES string of the molecule is O=C(NCC#Cc1cccc(C(F)(F)F)c1)c1ccc(NC(=O)c2ccccc2)cc1. The number of nitrogens with one attached hydrogen (secondary N) is 2. The van der Waals surface area contributed by atoms with Gasteiger partial charge in [-0.25, -0.2) is 0 Å². The molecule has 0 atom stereocenters. The normalized spacial score (nSPS) is 10.5. The Labute approximate surface area is 177 Å². The molecule has 0 heterocycles. The second-order valence-corrected chi connectivity index (χ2v) is 6.46. The van der Waals surface area contributed by atoms with E-state index in [2.05, 4.69) is 22.5 Å². The third-order valence-electron chi connectivity index (χ3n) is 4.20. The van der Waals surface area contributed by atoms with Gasteiger partial charge < -0.3 is 10.6 Å². The summed E-state index contributed by atoms with van der Waals surface area (Å²) in [6.45, 7) is -0.0262. The lowest BCUT2D eigenvalue weighted by Gasteiger charge is -2.07. The Morgan fingerprint density at radius 1 is 0.806 bits per heavy atom. The molecule has 0 saturated carbocycles. The highest BCUT2D eigenvalue weighted by Crippen LogP contribution is 2.29. The van der Waals surface area contributed by atoms with Gasteiger partial charge in [-0.05, 0) is 54.6 Å². The Hall–Kier alpha value is -4.05. The number of hydrogen-bond donors (Lipinski definition) is 2. The summed E-state index contributed by atoms with van der Waals surface area (Å²) < 4.78 is 38.1. The van der Waals surface area contributed by atoms with Crippen molar-refractivity contribution in [2.75, 3.05) is 11.9 Å². The zero-order valence-electron chi connectivity index (χ0n) is 16.2. The number of carbonyl (C=O) groups excluding carboxylic acids is 2. The predicted molar refractivity (Wildman–Crippen MR) is 111 cm³/mol. The highest BCUT2D eigenvalue weighted by atomic mass is 19.4. The van der Waals surface area contributed by atoms with Gasteiger partial charge in [-0.3, -0.25) is 9.59 Å². The molecule has 3 aromatic rings. The molecule has 156 valence electrons. The molecule has 2 amide bonds. The number of rotatable bonds is 4. The van der Waals surface area contributed by atoms with Gasteiger partial charge in [-0.1, -0.05) is 36.1 Å². The highest BCUT2D eigenvalue weighted by Gasteiger charge is 2.30. The first-order valence-electron chi connectivity index (χ1n) is 9.24. The summed E-state index contributed by atoms with van der Waals surface area (Å²) in [6, 6.07) is 19.7. The summed E-state index contributed by atoms with van der Waals surface area (Å²) in [5.74, 6) is 4.58. The van der Waals surface area contributed by atoms with Crippen LogP contribution in [0.5, 0.6) is 0 Å². The topological polar surface area (TPSA) is 58.2 Å². The summed E-state index contributed by atoms with van der Waals surface area (Å²) in [5.41, 5.74) is 0.849. The Balaban J connectivity index is 1.54. The maximum absolute atomic E-state index is 12.7. The van der Waals surface area contributed by atoms with Crippen LogP contribution in [-0.4, -0.2) is 18.4 Å². The summed E-state index contributed by atoms with van der Waals surface area (Å²) in [7, 11) is 0. The first-order chi connectivity index (χ1) is 14.8. The van der Waals surface area contributed by atoms with E-state index in [-0.39, 0.29) is 23.9 Å². The van der Waals surface area contributed by atoms with Gasteiger partial charge in [-0.15, -0.1) is 0 Å². The molecular weight excluding hydrogens is 405 g/mol. The summed E-state index contributed by atoms with van der Waals surface area (Å²) in [5, 5.41) is 5.31. The molecule has 0 aliphatic heterocycles. The minimum absolute atomic E-state index is 0.0262. The Morgan fingerprint density at radius 2 is 1.48 bits per heavy atom. The van der Waals surface area contributed by atoms with Crippen LogP contribution in [0.1, 0.15) is 31.8 Å². The Kier molecular flexibility index (Phi) is 6.73. The first kappa shape index (κ1) is 21.7. The molecule has 0 bridgehead atoms. The quantitative estimate of drug-likeness (QED) is 0.597. The number of anilines is 1. The molecule has 0 saturated heterocycles. The van der Waals surface area contributed by atoms with Crippen LogP contribution < -0.4 is 10.6 Å². The van der Waals surface area contributed by atoms with E-state index in [4.69, 9.17) is 0 Å². The monoisotopic (exact) mass is 422 g/mol. The van der Waals surface area contributed by atoms with E-state index in [0.29, 0.717) is 16.8 Å². The van der Waals surface area contributed by atoms with Gasteiger partial charge in [0.05, 0.1) is 12.1 Å². The highest BCUT2D eigenvalue weighted by molar-refractivity contribution is 6.04. The second-order valence-electron chi connectivity index (χ2n) is 6.46. The van der Waals surface area contributed by atoms with Crippen molar-refractivity contribution in [1.29, 1.82) is 0 Å². The van der Waals surface area contributed by atoms with Crippen molar-refractivity contribution >= 4 is 17.5 Å². The van der Waals surface area contributed by atoms with Crippen molar-refractivity contribution in [3.63, 3.8) is 0 Å². The minimum Gasteiger partial charge on any atom is -0.341 e. The third-order valence-corrected chi connectivity index (χ3v) is 4.20. The van der Waals surface area contributed by atoms with Gasteiger partial charge in [-0.2, -0.15) is 13.2 Å². The van der Waals surface area contributed by atoms with E-state index in [1.165, 1.54) is 12.1 Å². The average Bonchev–Trinajstić information content (AvgIpc) is 2.77. The number of halogens is 3. The minimum atomic E-state index is -4.43. The molecule has 0 spiro atoms. The molecule has 4 nitrogen and oxygen atoms in total. The molecule has 0 fully saturated rings. The lowest BCUT2D eigenvalue weighted by Crippen LogP contribution is -2.23. The molecule has 0 unspecified atom stereocenters. The first-order valence-corrected chi connectivity index (χ1v) is 9.24. The maximum Gasteiger partial charge on any atom is 0.416 e. The van der Waals surface area contributed by atoms with Gasteiger partial charge in [0.25, 0.3) is 11.8 Å². The Bertz CT molecular complexity index is 1130. The molecule has 0 aliphatic carbocycles. The second kappa shape index (κ2) is 9.63. The van der Waals surface area contributed by atoms with E-state index in [1.807, 2.05) is 6.07 Å². The summed E-state index contributed by atoms with van der Waals surface area (Å²) >= 11 is 0. The number of hydrogen-bond acceptors (Lipinski definition) is 2. The lowest BCUT2D eigenvalue weighted by atomic mass is 10.1. The van der Waals surface area contributed by atoms with Crippen LogP contribution in [0.15, 0.2) is 78.9 Å². The fourth-order valence-electron chi connectivity index (χ4n) is 2.64. The largest absolute Gasteiger partial charge is 0.416 e. The molecular formula is C24H17F3N2O2. The zero-order valence-corrected chi connectivity index (χ0v) is 16.2. The molecule has 31 heavy (non-hydrogen) atoms. The molecule has 2 N–H and O–H groups in total. The molecule has 0 aliphatic rings. The van der Waals surface area contributed by atoms with Crippen LogP contribution in [-0.2, 0) is 6.18 Å². The van der Waals surface area contributed by atoms with Gasteiger partial charge in [0.1, 0.15) is 0 Å². The van der Waals surface area contributed by atoms with Gasteiger partial charge in [0, 0.05) is 22.4 Å². The van der Waals surface area contributed by atoms with Crippen molar-refractivity contribution in [3.05, 3.63) is 101 Å². The molecule has 0 aromatic heterocycles. The molecule has 3 aromatic carbocycles. The van der Waals surface area contributed by atoms with Crippen LogP contribution in [0.4, 0.5) is 18.9 Å². The predicted octanol–water partition coefficient (Wildman–Crippen LogP) is 4.74. The van der Waals surface area contributed by atoms with E-state index in [9.17, 15) is 22.8 Å². The summed E-state index contributed by atoms with van der Waals surface area (Å²) in [4.78, 5) is 24.3. The van der Waals surface area contributed by atoms with Crippen LogP contribution in [0.3, 0.4) is 0 Å². The summed E-state index contributed by atoms with van der Waals surface area (Å²) in [6.07, 6.45) is -4.43. The van der Waals surface area contributed by atoms with Gasteiger partial charge in [0.2, 0.25) is 0 Å². The van der Waals surface area contributed by atoms with Crippen LogP contribution in [0.2, 0.25) is 0 Å². The number of benzene rings is 3. The van der Waals surface area contributed by atoms with E-state index < -0.39 is 11.7 Å². The van der Waals surface area contributed by atoms with Crippen molar-refractivity contribution in [2.24, 2.45) is 0 Å². The van der Waals surface area contributed by atoms with Crippen LogP contribution in [0.25, 0.3) is 0 Å². The third kappa shape index (κ3) is 6.21. The van der Waals surface area contributed by atoms with Crippen LogP contribution in [0, 0.1) is 11.8 Å². The lowest BCUT2D eigenvalue weighted by molar-refractivity contribution is -0.137. The van der Waals surface area contributed by atoms with E-state index in [1.54, 1.807) is 48.5 Å². The maximum atomic E-state index is 12.7. The van der Waals surface area contributed by atoms with Crippen molar-refractivity contribution in [3.8, 4) is 11.8 Å². The number of alkyl halides is 3. The number of amides is 2.